The molecule has 0 aliphatic heterocycles. The molecule has 0 heteroatoms. The highest BCUT2D eigenvalue weighted by Crippen LogP contribution is 2.12. The molecular formula is C20H40. The minimum atomic E-state index is 1.29. The molecule has 0 N–H and O–H groups in total. The van der Waals surface area contributed by atoms with Crippen molar-refractivity contribution in [3.63, 3.8) is 0 Å². The van der Waals surface area contributed by atoms with E-state index in [4.69, 9.17) is 0 Å². The molecule has 0 rings (SSSR count). The van der Waals surface area contributed by atoms with Crippen LogP contribution in [0.3, 0.4) is 0 Å². The molecule has 0 aliphatic rings. The summed E-state index contributed by atoms with van der Waals surface area (Å²) in [6.07, 6.45) is 27.4. The average molecular weight is 281 g/mol. The standard InChI is InChI=1S/C20H40/c1-3-5-7-9-11-13-15-17-19-20-18-16-14-12-10-8-6-4-2/h9,11H,3-8,10,12-20H2,1-2H3. The Labute approximate surface area is 129 Å². The summed E-state index contributed by atoms with van der Waals surface area (Å²) >= 11 is 0. The number of hydrogen-bond donors (Lipinski definition) is 0. The van der Waals surface area contributed by atoms with Crippen LogP contribution in [0.2, 0.25) is 0 Å². The molecular weight excluding hydrogens is 240 g/mol. The third-order valence-electron chi connectivity index (χ3n) is 4.12. The Balaban J connectivity index is 2.97. The van der Waals surface area contributed by atoms with Crippen LogP contribution in [0.4, 0.5) is 0 Å². The van der Waals surface area contributed by atoms with Crippen molar-refractivity contribution in [3.8, 4) is 0 Å². The van der Waals surface area contributed by atoms with E-state index in [9.17, 15) is 0 Å². The zero-order chi connectivity index (χ0) is 14.7. The summed E-state index contributed by atoms with van der Waals surface area (Å²) in [5, 5.41) is 0. The van der Waals surface area contributed by atoms with E-state index in [1.165, 1.54) is 103 Å². The van der Waals surface area contributed by atoms with Gasteiger partial charge >= 0.3 is 0 Å². The molecule has 0 heterocycles. The minimum absolute atomic E-state index is 1.29. The van der Waals surface area contributed by atoms with Gasteiger partial charge in [0.1, 0.15) is 0 Å². The van der Waals surface area contributed by atoms with Crippen LogP contribution in [-0.2, 0) is 0 Å². The Hall–Kier alpha value is -0.260. The molecule has 0 aromatic carbocycles. The lowest BCUT2D eigenvalue weighted by Crippen LogP contribution is -1.82. The lowest BCUT2D eigenvalue weighted by molar-refractivity contribution is 0.545. The average Bonchev–Trinajstić information content (AvgIpc) is 2.47. The normalized spacial score (nSPS) is 11.5. The van der Waals surface area contributed by atoms with E-state index in [0.29, 0.717) is 0 Å². The van der Waals surface area contributed by atoms with E-state index >= 15 is 0 Å². The highest BCUT2D eigenvalue weighted by molar-refractivity contribution is 4.81. The van der Waals surface area contributed by atoms with Crippen LogP contribution in [0.25, 0.3) is 0 Å². The van der Waals surface area contributed by atoms with Crippen molar-refractivity contribution >= 4 is 0 Å². The first-order valence-electron chi connectivity index (χ1n) is 9.56. The van der Waals surface area contributed by atoms with Crippen LogP contribution >= 0.6 is 0 Å². The van der Waals surface area contributed by atoms with Crippen LogP contribution < -0.4 is 0 Å². The van der Waals surface area contributed by atoms with Gasteiger partial charge in [0.25, 0.3) is 0 Å². The lowest BCUT2D eigenvalue weighted by atomic mass is 10.0. The van der Waals surface area contributed by atoms with E-state index in [0.717, 1.165) is 0 Å². The van der Waals surface area contributed by atoms with Gasteiger partial charge < -0.3 is 0 Å². The first-order chi connectivity index (χ1) is 9.91. The predicted molar refractivity (Wildman–Crippen MR) is 94.4 cm³/mol. The maximum atomic E-state index is 2.39. The van der Waals surface area contributed by atoms with Gasteiger partial charge in [0.2, 0.25) is 0 Å². The molecule has 0 aliphatic carbocycles. The molecule has 0 bridgehead atoms. The molecule has 0 saturated carbocycles. The van der Waals surface area contributed by atoms with E-state index in [1.807, 2.05) is 0 Å². The van der Waals surface area contributed by atoms with E-state index < -0.39 is 0 Å². The Morgan fingerprint density at radius 3 is 1.20 bits per heavy atom. The highest BCUT2D eigenvalue weighted by atomic mass is 14.0. The Kier molecular flexibility index (Phi) is 18.5. The van der Waals surface area contributed by atoms with Gasteiger partial charge in [-0.2, -0.15) is 0 Å². The molecule has 0 aromatic heterocycles. The molecule has 20 heavy (non-hydrogen) atoms. The first kappa shape index (κ1) is 19.7. The smallest absolute Gasteiger partial charge is 0.0351 e. The second kappa shape index (κ2) is 18.7. The maximum Gasteiger partial charge on any atom is -0.0351 e. The third-order valence-corrected chi connectivity index (χ3v) is 4.12. The Morgan fingerprint density at radius 1 is 0.400 bits per heavy atom. The van der Waals surface area contributed by atoms with Crippen molar-refractivity contribution < 1.29 is 0 Å². The van der Waals surface area contributed by atoms with Crippen molar-refractivity contribution in [1.82, 2.24) is 0 Å². The number of unbranched alkanes of at least 4 members (excludes halogenated alkanes) is 14. The fourth-order valence-corrected chi connectivity index (χ4v) is 2.66. The van der Waals surface area contributed by atoms with Crippen LogP contribution in [0.5, 0.6) is 0 Å². The molecule has 120 valence electrons. The molecule has 0 amide bonds. The van der Waals surface area contributed by atoms with Gasteiger partial charge in [-0.05, 0) is 19.3 Å². The summed E-state index contributed by atoms with van der Waals surface area (Å²) in [6, 6.07) is 0. The third kappa shape index (κ3) is 17.7. The number of allylic oxidation sites excluding steroid dienone is 2. The minimum Gasteiger partial charge on any atom is -0.0885 e. The summed E-state index contributed by atoms with van der Waals surface area (Å²) in [7, 11) is 0. The van der Waals surface area contributed by atoms with Gasteiger partial charge in [-0.15, -0.1) is 0 Å². The van der Waals surface area contributed by atoms with Crippen LogP contribution in [0, 0.1) is 0 Å². The van der Waals surface area contributed by atoms with Crippen molar-refractivity contribution in [2.45, 2.75) is 117 Å². The molecule has 0 aromatic rings. The fourth-order valence-electron chi connectivity index (χ4n) is 2.66. The number of rotatable bonds is 16. The quantitative estimate of drug-likeness (QED) is 0.200. The maximum absolute atomic E-state index is 2.39. The van der Waals surface area contributed by atoms with Crippen molar-refractivity contribution in [2.75, 3.05) is 0 Å². The monoisotopic (exact) mass is 280 g/mol. The van der Waals surface area contributed by atoms with Crippen LogP contribution in [0.15, 0.2) is 12.2 Å². The summed E-state index contributed by atoms with van der Waals surface area (Å²) in [6.45, 7) is 4.56. The largest absolute Gasteiger partial charge is 0.0885 e. The van der Waals surface area contributed by atoms with Crippen molar-refractivity contribution in [2.24, 2.45) is 0 Å². The summed E-state index contributed by atoms with van der Waals surface area (Å²) in [5.41, 5.74) is 0. The first-order valence-corrected chi connectivity index (χ1v) is 9.56. The van der Waals surface area contributed by atoms with Gasteiger partial charge in [0.05, 0.1) is 0 Å². The summed E-state index contributed by atoms with van der Waals surface area (Å²) in [4.78, 5) is 0. The van der Waals surface area contributed by atoms with Crippen LogP contribution in [0.1, 0.15) is 117 Å². The molecule has 0 nitrogen and oxygen atoms in total. The molecule has 0 atom stereocenters. The molecule has 0 saturated heterocycles. The van der Waals surface area contributed by atoms with Gasteiger partial charge in [-0.25, -0.2) is 0 Å². The summed E-state index contributed by atoms with van der Waals surface area (Å²) < 4.78 is 0. The fraction of sp³-hybridized carbons (Fsp3) is 0.900. The zero-order valence-corrected chi connectivity index (χ0v) is 14.5. The highest BCUT2D eigenvalue weighted by Gasteiger charge is 1.92. The van der Waals surface area contributed by atoms with Crippen molar-refractivity contribution in [3.05, 3.63) is 12.2 Å². The zero-order valence-electron chi connectivity index (χ0n) is 14.5. The SMILES string of the molecule is CCCCC=CCCCCCCCCCCCCCC. The Morgan fingerprint density at radius 2 is 0.750 bits per heavy atom. The summed E-state index contributed by atoms with van der Waals surface area (Å²) in [5.74, 6) is 0. The van der Waals surface area contributed by atoms with E-state index in [1.54, 1.807) is 0 Å². The van der Waals surface area contributed by atoms with Crippen molar-refractivity contribution in [1.29, 1.82) is 0 Å². The molecule has 0 spiro atoms. The van der Waals surface area contributed by atoms with E-state index in [2.05, 4.69) is 26.0 Å². The molecule has 0 fully saturated rings. The molecule has 0 unspecified atom stereocenters. The van der Waals surface area contributed by atoms with Gasteiger partial charge in [0.15, 0.2) is 0 Å². The van der Waals surface area contributed by atoms with Gasteiger partial charge in [-0.1, -0.05) is 109 Å². The number of hydrogen-bond acceptors (Lipinski definition) is 0. The predicted octanol–water partition coefficient (Wildman–Crippen LogP) is 7.82. The van der Waals surface area contributed by atoms with E-state index in [-0.39, 0.29) is 0 Å². The topological polar surface area (TPSA) is 0 Å². The Bertz CT molecular complexity index is 180. The van der Waals surface area contributed by atoms with Gasteiger partial charge in [-0.3, -0.25) is 0 Å². The lowest BCUT2D eigenvalue weighted by Gasteiger charge is -2.02. The van der Waals surface area contributed by atoms with Crippen LogP contribution in [-0.4, -0.2) is 0 Å². The second-order valence-electron chi connectivity index (χ2n) is 6.29. The second-order valence-corrected chi connectivity index (χ2v) is 6.29. The van der Waals surface area contributed by atoms with Gasteiger partial charge in [0, 0.05) is 0 Å². The molecule has 0 radical (unpaired) electrons.